The molecule has 2 saturated carbocycles. The molecule has 3 aliphatic rings. The van der Waals surface area contributed by atoms with Gasteiger partial charge in [0.05, 0.1) is 11.0 Å². The Labute approximate surface area is 147 Å². The van der Waals surface area contributed by atoms with Crippen LogP contribution in [0.1, 0.15) is 47.9 Å². The van der Waals surface area contributed by atoms with E-state index in [1.54, 1.807) is 6.07 Å². The number of hydrogen-bond acceptors (Lipinski definition) is 3. The maximum atomic E-state index is 11.2. The molecule has 0 radical (unpaired) electrons. The van der Waals surface area contributed by atoms with Gasteiger partial charge in [0, 0.05) is 17.8 Å². The molecule has 2 fully saturated rings. The molecule has 0 aromatic heterocycles. The van der Waals surface area contributed by atoms with Gasteiger partial charge in [-0.05, 0) is 67.1 Å². The Morgan fingerprint density at radius 2 is 1.96 bits per heavy atom. The molecule has 1 N–H and O–H groups in total. The van der Waals surface area contributed by atoms with Gasteiger partial charge in [-0.2, -0.15) is 0 Å². The first-order valence-electron chi connectivity index (χ1n) is 9.23. The third-order valence-corrected chi connectivity index (χ3v) is 6.68. The van der Waals surface area contributed by atoms with Crippen molar-refractivity contribution in [2.24, 2.45) is 17.8 Å². The van der Waals surface area contributed by atoms with Gasteiger partial charge in [-0.1, -0.05) is 29.8 Å². The molecule has 25 heavy (non-hydrogen) atoms. The Bertz CT molecular complexity index is 863. The van der Waals surface area contributed by atoms with Crippen LogP contribution in [0.15, 0.2) is 42.5 Å². The second-order valence-electron chi connectivity index (χ2n) is 8.00. The SMILES string of the molecule is Cc1cccc([C@H]2Nc3ccc([N+](=O)[O-])cc3[C@H]3[C@H]4CC[C@H](C4)[C@H]32)c1. The summed E-state index contributed by atoms with van der Waals surface area (Å²) in [6.07, 6.45) is 3.86. The van der Waals surface area contributed by atoms with Crippen molar-refractivity contribution in [3.63, 3.8) is 0 Å². The standard InChI is InChI=1S/C21H22N2O2/c1-12-3-2-4-15(9-12)21-20-14-6-5-13(10-14)19(20)17-11-16(23(24)25)7-8-18(17)22-21/h2-4,7-9,11,13-14,19-22H,5-6,10H2,1H3/t13-,14+,19+,20+,21+/m0/s1. The van der Waals surface area contributed by atoms with Crippen LogP contribution in [0.5, 0.6) is 0 Å². The highest BCUT2D eigenvalue weighted by molar-refractivity contribution is 5.62. The summed E-state index contributed by atoms with van der Waals surface area (Å²) in [7, 11) is 0. The number of hydrogen-bond donors (Lipinski definition) is 1. The van der Waals surface area contributed by atoms with Gasteiger partial charge < -0.3 is 5.32 Å². The molecule has 2 aromatic carbocycles. The molecule has 2 bridgehead atoms. The highest BCUT2D eigenvalue weighted by atomic mass is 16.6. The lowest BCUT2D eigenvalue weighted by Gasteiger charge is -2.43. The smallest absolute Gasteiger partial charge is 0.269 e. The van der Waals surface area contributed by atoms with Crippen molar-refractivity contribution >= 4 is 11.4 Å². The van der Waals surface area contributed by atoms with Crippen molar-refractivity contribution in [3.05, 3.63) is 69.3 Å². The molecule has 4 nitrogen and oxygen atoms in total. The average molecular weight is 334 g/mol. The van der Waals surface area contributed by atoms with Gasteiger partial charge in [0.1, 0.15) is 0 Å². The first-order valence-corrected chi connectivity index (χ1v) is 9.23. The number of nitrogens with zero attached hydrogens (tertiary/aromatic N) is 1. The summed E-state index contributed by atoms with van der Waals surface area (Å²) >= 11 is 0. The molecule has 2 aliphatic carbocycles. The number of rotatable bonds is 2. The van der Waals surface area contributed by atoms with E-state index in [1.807, 2.05) is 12.1 Å². The molecule has 0 saturated heterocycles. The third-order valence-electron chi connectivity index (χ3n) is 6.68. The minimum absolute atomic E-state index is 0.219. The Morgan fingerprint density at radius 1 is 1.12 bits per heavy atom. The van der Waals surface area contributed by atoms with E-state index in [1.165, 1.54) is 36.0 Å². The summed E-state index contributed by atoms with van der Waals surface area (Å²) in [5.74, 6) is 2.43. The topological polar surface area (TPSA) is 55.2 Å². The molecule has 1 heterocycles. The van der Waals surface area contributed by atoms with Crippen molar-refractivity contribution < 1.29 is 4.92 Å². The summed E-state index contributed by atoms with van der Waals surface area (Å²) in [5.41, 5.74) is 5.12. The Kier molecular flexibility index (Phi) is 3.18. The quantitative estimate of drug-likeness (QED) is 0.606. The first kappa shape index (κ1) is 14.9. The zero-order valence-corrected chi connectivity index (χ0v) is 14.3. The number of nitro benzene ring substituents is 1. The second kappa shape index (κ2) is 5.32. The maximum Gasteiger partial charge on any atom is 0.269 e. The lowest BCUT2D eigenvalue weighted by molar-refractivity contribution is -0.384. The van der Waals surface area contributed by atoms with Crippen LogP contribution in [-0.4, -0.2) is 4.92 Å². The molecule has 0 amide bonds. The summed E-state index contributed by atoms with van der Waals surface area (Å²) in [6.45, 7) is 2.14. The number of nitrogens with one attached hydrogen (secondary N) is 1. The van der Waals surface area contributed by atoms with Crippen LogP contribution in [0.3, 0.4) is 0 Å². The molecular formula is C21H22N2O2. The predicted octanol–water partition coefficient (Wildman–Crippen LogP) is 5.20. The second-order valence-corrected chi connectivity index (χ2v) is 8.00. The van der Waals surface area contributed by atoms with E-state index in [4.69, 9.17) is 0 Å². The normalized spacial score (nSPS) is 32.0. The lowest BCUT2D eigenvalue weighted by atomic mass is 9.68. The number of fused-ring (bicyclic) bond motifs is 7. The van der Waals surface area contributed by atoms with Crippen molar-refractivity contribution in [2.75, 3.05) is 5.32 Å². The molecule has 1 aliphatic heterocycles. The van der Waals surface area contributed by atoms with Crippen LogP contribution in [0.25, 0.3) is 0 Å². The lowest BCUT2D eigenvalue weighted by Crippen LogP contribution is -2.35. The Balaban J connectivity index is 1.64. The van der Waals surface area contributed by atoms with Crippen molar-refractivity contribution in [2.45, 2.75) is 38.1 Å². The van der Waals surface area contributed by atoms with Gasteiger partial charge >= 0.3 is 0 Å². The molecule has 4 heteroatoms. The molecule has 5 atom stereocenters. The average Bonchev–Trinajstić information content (AvgIpc) is 3.22. The van der Waals surface area contributed by atoms with Crippen LogP contribution < -0.4 is 5.32 Å². The van der Waals surface area contributed by atoms with Gasteiger partial charge in [0.25, 0.3) is 5.69 Å². The van der Waals surface area contributed by atoms with E-state index in [0.29, 0.717) is 23.8 Å². The third kappa shape index (κ3) is 2.20. The Morgan fingerprint density at radius 3 is 2.76 bits per heavy atom. The monoisotopic (exact) mass is 334 g/mol. The molecule has 0 spiro atoms. The van der Waals surface area contributed by atoms with Crippen LogP contribution in [-0.2, 0) is 0 Å². The largest absolute Gasteiger partial charge is 0.378 e. The zero-order valence-electron chi connectivity index (χ0n) is 14.3. The fourth-order valence-corrected chi connectivity index (χ4v) is 5.78. The number of nitro groups is 1. The molecule has 0 unspecified atom stereocenters. The summed E-state index contributed by atoms with van der Waals surface area (Å²) in [4.78, 5) is 11.0. The number of non-ortho nitro benzene ring substituents is 1. The molecule has 2 aromatic rings. The molecule has 128 valence electrons. The molecular weight excluding hydrogens is 312 g/mol. The van der Waals surface area contributed by atoms with Crippen molar-refractivity contribution in [1.29, 1.82) is 0 Å². The van der Waals surface area contributed by atoms with E-state index in [0.717, 1.165) is 11.6 Å². The highest BCUT2D eigenvalue weighted by Gasteiger charge is 2.54. The highest BCUT2D eigenvalue weighted by Crippen LogP contribution is 2.63. The van der Waals surface area contributed by atoms with E-state index >= 15 is 0 Å². The van der Waals surface area contributed by atoms with Gasteiger partial charge in [-0.15, -0.1) is 0 Å². The zero-order chi connectivity index (χ0) is 17.1. The number of anilines is 1. The molecule has 5 rings (SSSR count). The van der Waals surface area contributed by atoms with Crippen LogP contribution in [0.4, 0.5) is 11.4 Å². The number of benzene rings is 2. The van der Waals surface area contributed by atoms with Gasteiger partial charge in [-0.25, -0.2) is 0 Å². The first-order chi connectivity index (χ1) is 12.1. The van der Waals surface area contributed by atoms with Gasteiger partial charge in [-0.3, -0.25) is 10.1 Å². The van der Waals surface area contributed by atoms with Gasteiger partial charge in [0.2, 0.25) is 0 Å². The van der Waals surface area contributed by atoms with E-state index in [2.05, 4.69) is 36.5 Å². The Hall–Kier alpha value is -2.36. The minimum Gasteiger partial charge on any atom is -0.378 e. The van der Waals surface area contributed by atoms with Crippen LogP contribution >= 0.6 is 0 Å². The van der Waals surface area contributed by atoms with Crippen LogP contribution in [0, 0.1) is 34.8 Å². The van der Waals surface area contributed by atoms with Crippen molar-refractivity contribution in [3.8, 4) is 0 Å². The predicted molar refractivity (Wildman–Crippen MR) is 97.7 cm³/mol. The summed E-state index contributed by atoms with van der Waals surface area (Å²) < 4.78 is 0. The summed E-state index contributed by atoms with van der Waals surface area (Å²) in [5, 5.41) is 15.0. The van der Waals surface area contributed by atoms with Crippen LogP contribution in [0.2, 0.25) is 0 Å². The van der Waals surface area contributed by atoms with E-state index in [-0.39, 0.29) is 10.6 Å². The number of aryl methyl sites for hydroxylation is 1. The fraction of sp³-hybridized carbons (Fsp3) is 0.429. The van der Waals surface area contributed by atoms with Gasteiger partial charge in [0.15, 0.2) is 0 Å². The fourth-order valence-electron chi connectivity index (χ4n) is 5.78. The van der Waals surface area contributed by atoms with E-state index < -0.39 is 0 Å². The van der Waals surface area contributed by atoms with E-state index in [9.17, 15) is 10.1 Å². The summed E-state index contributed by atoms with van der Waals surface area (Å²) in [6, 6.07) is 14.5. The maximum absolute atomic E-state index is 11.2. The minimum atomic E-state index is -0.269. The van der Waals surface area contributed by atoms with Crippen molar-refractivity contribution in [1.82, 2.24) is 0 Å².